The van der Waals surface area contributed by atoms with Crippen LogP contribution in [0.1, 0.15) is 22.3 Å². The number of ether oxygens (including phenoxy) is 2. The summed E-state index contributed by atoms with van der Waals surface area (Å²) < 4.78 is 12.4. The monoisotopic (exact) mass is 700 g/mol. The zero-order chi connectivity index (χ0) is 30.0. The molecule has 4 aromatic rings. The number of aryl methyl sites for hydroxylation is 2. The van der Waals surface area contributed by atoms with Crippen molar-refractivity contribution in [3.63, 3.8) is 0 Å². The van der Waals surface area contributed by atoms with E-state index in [4.69, 9.17) is 49.3 Å². The molecule has 1 saturated heterocycles. The van der Waals surface area contributed by atoms with Crippen molar-refractivity contribution in [3.8, 4) is 11.5 Å². The van der Waals surface area contributed by atoms with Gasteiger partial charge >= 0.3 is 0 Å². The highest BCUT2D eigenvalue weighted by Gasteiger charge is 2.35. The molecule has 5 nitrogen and oxygen atoms in total. The van der Waals surface area contributed by atoms with E-state index in [2.05, 4.69) is 15.9 Å². The second-order valence-electron chi connectivity index (χ2n) is 9.43. The number of amides is 1. The Labute approximate surface area is 272 Å². The molecule has 10 heteroatoms. The molecule has 1 amide bonds. The summed E-state index contributed by atoms with van der Waals surface area (Å²) in [6.45, 7) is 4.10. The first kappa shape index (κ1) is 30.5. The molecular weight excluding hydrogens is 679 g/mol. The second-order valence-corrected chi connectivity index (χ2v) is 12.5. The molecule has 5 rings (SSSR count). The Morgan fingerprint density at radius 1 is 0.929 bits per heavy atom. The lowest BCUT2D eigenvalue weighted by Gasteiger charge is -2.17. The summed E-state index contributed by atoms with van der Waals surface area (Å²) in [5.74, 6) is 0.800. The molecule has 214 valence electrons. The van der Waals surface area contributed by atoms with Crippen LogP contribution < -0.4 is 14.4 Å². The van der Waals surface area contributed by atoms with Crippen molar-refractivity contribution < 1.29 is 14.3 Å². The Balaban J connectivity index is 1.51. The number of benzene rings is 4. The standard InChI is InChI=1S/C32H24BrCl3N2O3S/c1-18-8-10-22(15-26(18)35)37-32-38(23-11-9-19(2)27(36)16-23)31(39)29(42-32)14-20-12-24(33)30(28(13-20)40-3)41-17-21-6-4-5-7-25(21)34/h4-16H,17H2,1-3H3/b29-14+,37-32?. The van der Waals surface area contributed by atoms with Crippen LogP contribution in [0.15, 0.2) is 87.2 Å². The number of hydrogen-bond acceptors (Lipinski definition) is 5. The van der Waals surface area contributed by atoms with E-state index in [9.17, 15) is 4.79 Å². The molecule has 1 fully saturated rings. The summed E-state index contributed by atoms with van der Waals surface area (Å²) >= 11 is 24.0. The third kappa shape index (κ3) is 6.66. The number of anilines is 1. The van der Waals surface area contributed by atoms with Gasteiger partial charge in [-0.15, -0.1) is 0 Å². The topological polar surface area (TPSA) is 51.1 Å². The minimum atomic E-state index is -0.231. The quantitative estimate of drug-likeness (QED) is 0.180. The van der Waals surface area contributed by atoms with Gasteiger partial charge in [0.2, 0.25) is 0 Å². The zero-order valence-electron chi connectivity index (χ0n) is 22.8. The number of thioether (sulfide) groups is 1. The second kappa shape index (κ2) is 13.1. The lowest BCUT2D eigenvalue weighted by molar-refractivity contribution is -0.113. The molecule has 42 heavy (non-hydrogen) atoms. The van der Waals surface area contributed by atoms with Gasteiger partial charge in [-0.3, -0.25) is 9.69 Å². The van der Waals surface area contributed by atoms with Crippen molar-refractivity contribution in [1.82, 2.24) is 0 Å². The van der Waals surface area contributed by atoms with Crippen molar-refractivity contribution in [2.45, 2.75) is 20.5 Å². The number of carbonyl (C=O) groups is 1. The van der Waals surface area contributed by atoms with E-state index < -0.39 is 0 Å². The summed E-state index contributed by atoms with van der Waals surface area (Å²) in [4.78, 5) is 20.7. The van der Waals surface area contributed by atoms with E-state index in [1.165, 1.54) is 11.8 Å². The van der Waals surface area contributed by atoms with Gasteiger partial charge in [0.15, 0.2) is 16.7 Å². The fourth-order valence-corrected chi connectivity index (χ4v) is 6.25. The SMILES string of the molecule is COc1cc(/C=C2/SC(=Nc3ccc(C)c(Cl)c3)N(c3ccc(C)c(Cl)c3)C2=O)cc(Br)c1OCc1ccccc1Cl. The molecule has 0 unspecified atom stereocenters. The average molecular weight is 703 g/mol. The summed E-state index contributed by atoms with van der Waals surface area (Å²) in [7, 11) is 1.57. The Morgan fingerprint density at radius 2 is 1.64 bits per heavy atom. The average Bonchev–Trinajstić information content (AvgIpc) is 3.26. The van der Waals surface area contributed by atoms with Crippen LogP contribution in [0.25, 0.3) is 6.08 Å². The largest absolute Gasteiger partial charge is 0.493 e. The zero-order valence-corrected chi connectivity index (χ0v) is 27.4. The Kier molecular flexibility index (Phi) is 9.55. The van der Waals surface area contributed by atoms with Crippen LogP contribution in [0.5, 0.6) is 11.5 Å². The number of amidine groups is 1. The maximum absolute atomic E-state index is 13.8. The van der Waals surface area contributed by atoms with Gasteiger partial charge in [0, 0.05) is 20.6 Å². The predicted octanol–water partition coefficient (Wildman–Crippen LogP) is 10.4. The molecular formula is C32H24BrCl3N2O3S. The van der Waals surface area contributed by atoms with Gasteiger partial charge in [-0.25, -0.2) is 4.99 Å². The van der Waals surface area contributed by atoms with Crippen LogP contribution in [-0.4, -0.2) is 18.2 Å². The third-order valence-corrected chi connectivity index (χ3v) is 9.22. The highest BCUT2D eigenvalue weighted by molar-refractivity contribution is 9.10. The number of halogens is 4. The summed E-state index contributed by atoms with van der Waals surface area (Å²) in [5, 5.41) is 2.26. The van der Waals surface area contributed by atoms with E-state index in [0.717, 1.165) is 22.3 Å². The minimum absolute atomic E-state index is 0.231. The van der Waals surface area contributed by atoms with Crippen LogP contribution in [0.2, 0.25) is 15.1 Å². The van der Waals surface area contributed by atoms with Gasteiger partial charge in [-0.05, 0) is 107 Å². The van der Waals surface area contributed by atoms with Crippen molar-refractivity contribution in [2.75, 3.05) is 12.0 Å². The number of rotatable bonds is 7. The molecule has 4 aromatic carbocycles. The van der Waals surface area contributed by atoms with Gasteiger partial charge < -0.3 is 9.47 Å². The first-order valence-electron chi connectivity index (χ1n) is 12.7. The molecule has 0 radical (unpaired) electrons. The van der Waals surface area contributed by atoms with Gasteiger partial charge in [0.25, 0.3) is 5.91 Å². The molecule has 1 heterocycles. The Hall–Kier alpha value is -2.94. The molecule has 1 aliphatic rings. The molecule has 0 atom stereocenters. The maximum Gasteiger partial charge on any atom is 0.271 e. The molecule has 0 saturated carbocycles. The highest BCUT2D eigenvalue weighted by atomic mass is 79.9. The first-order valence-corrected chi connectivity index (χ1v) is 15.5. The smallest absolute Gasteiger partial charge is 0.271 e. The van der Waals surface area contributed by atoms with Crippen molar-refractivity contribution in [3.05, 3.63) is 119 Å². The normalized spacial score (nSPS) is 15.1. The predicted molar refractivity (Wildman–Crippen MR) is 179 cm³/mol. The van der Waals surface area contributed by atoms with Crippen LogP contribution >= 0.6 is 62.5 Å². The maximum atomic E-state index is 13.8. The third-order valence-electron chi connectivity index (χ3n) is 6.48. The number of carbonyl (C=O) groups excluding carboxylic acids is 1. The molecule has 0 N–H and O–H groups in total. The van der Waals surface area contributed by atoms with Crippen molar-refractivity contribution >= 4 is 91.0 Å². The number of nitrogens with zero attached hydrogens (tertiary/aromatic N) is 2. The van der Waals surface area contributed by atoms with Crippen LogP contribution in [0.3, 0.4) is 0 Å². The van der Waals surface area contributed by atoms with E-state index in [-0.39, 0.29) is 12.5 Å². The van der Waals surface area contributed by atoms with Gasteiger partial charge in [-0.1, -0.05) is 65.1 Å². The molecule has 1 aliphatic heterocycles. The number of hydrogen-bond donors (Lipinski definition) is 0. The van der Waals surface area contributed by atoms with Crippen molar-refractivity contribution in [2.24, 2.45) is 4.99 Å². The first-order chi connectivity index (χ1) is 20.1. The Morgan fingerprint density at radius 3 is 2.33 bits per heavy atom. The number of methoxy groups -OCH3 is 1. The van der Waals surface area contributed by atoms with E-state index in [0.29, 0.717) is 52.5 Å². The van der Waals surface area contributed by atoms with Gasteiger partial charge in [0.05, 0.1) is 27.9 Å². The molecule has 0 spiro atoms. The highest BCUT2D eigenvalue weighted by Crippen LogP contribution is 2.42. The van der Waals surface area contributed by atoms with Gasteiger partial charge in [-0.2, -0.15) is 0 Å². The lowest BCUT2D eigenvalue weighted by Crippen LogP contribution is -2.28. The van der Waals surface area contributed by atoms with Crippen LogP contribution in [-0.2, 0) is 11.4 Å². The van der Waals surface area contributed by atoms with E-state index in [1.54, 1.807) is 30.2 Å². The summed E-state index contributed by atoms with van der Waals surface area (Å²) in [5.41, 5.74) is 4.69. The molecule has 0 aliphatic carbocycles. The fraction of sp³-hybridized carbons (Fsp3) is 0.125. The fourth-order valence-electron chi connectivity index (χ4n) is 4.14. The van der Waals surface area contributed by atoms with Crippen LogP contribution in [0, 0.1) is 13.8 Å². The van der Waals surface area contributed by atoms with E-state index in [1.807, 2.05) is 74.5 Å². The lowest BCUT2D eigenvalue weighted by atomic mass is 10.1. The van der Waals surface area contributed by atoms with Crippen molar-refractivity contribution in [1.29, 1.82) is 0 Å². The van der Waals surface area contributed by atoms with Crippen LogP contribution in [0.4, 0.5) is 11.4 Å². The molecule has 0 aromatic heterocycles. The van der Waals surface area contributed by atoms with Gasteiger partial charge in [0.1, 0.15) is 6.61 Å². The minimum Gasteiger partial charge on any atom is -0.493 e. The summed E-state index contributed by atoms with van der Waals surface area (Å²) in [6.07, 6.45) is 1.80. The Bertz CT molecular complexity index is 1760. The summed E-state index contributed by atoms with van der Waals surface area (Å²) in [6, 6.07) is 22.2. The van der Waals surface area contributed by atoms with E-state index >= 15 is 0 Å². The number of aliphatic imine (C=N–C) groups is 1. The molecule has 0 bridgehead atoms.